The summed E-state index contributed by atoms with van der Waals surface area (Å²) in [6, 6.07) is 0. The molecule has 1 heterocycles. The highest BCUT2D eigenvalue weighted by atomic mass is 15.1. The van der Waals surface area contributed by atoms with Crippen LogP contribution < -0.4 is 0 Å². The van der Waals surface area contributed by atoms with E-state index in [-0.39, 0.29) is 0 Å². The topological polar surface area (TPSA) is 17.8 Å². The van der Waals surface area contributed by atoms with Crippen LogP contribution in [-0.2, 0) is 26.3 Å². The van der Waals surface area contributed by atoms with Crippen LogP contribution in [0.3, 0.4) is 0 Å². The van der Waals surface area contributed by atoms with E-state index >= 15 is 0 Å². The zero-order valence-electron chi connectivity index (χ0n) is 12.4. The normalized spacial score (nSPS) is 12.1. The lowest BCUT2D eigenvalue weighted by Gasteiger charge is -2.17. The highest BCUT2D eigenvalue weighted by molar-refractivity contribution is 5.18. The lowest BCUT2D eigenvalue weighted by atomic mass is 9.92. The average molecular weight is 236 g/mol. The zero-order chi connectivity index (χ0) is 13.1. The summed E-state index contributed by atoms with van der Waals surface area (Å²) in [6.07, 6.45) is 5.72. The van der Waals surface area contributed by atoms with Gasteiger partial charge in [-0.1, -0.05) is 47.5 Å². The SMILES string of the molecule is CCCc1nc(CC(C)(C)C)n(C)c1CCC. The zero-order valence-corrected chi connectivity index (χ0v) is 12.4. The summed E-state index contributed by atoms with van der Waals surface area (Å²) < 4.78 is 2.33. The smallest absolute Gasteiger partial charge is 0.109 e. The molecule has 17 heavy (non-hydrogen) atoms. The molecule has 0 spiro atoms. The van der Waals surface area contributed by atoms with E-state index in [4.69, 9.17) is 4.98 Å². The summed E-state index contributed by atoms with van der Waals surface area (Å²) in [4.78, 5) is 4.87. The molecule has 0 saturated carbocycles. The summed E-state index contributed by atoms with van der Waals surface area (Å²) in [5.41, 5.74) is 3.09. The van der Waals surface area contributed by atoms with Crippen molar-refractivity contribution in [1.82, 2.24) is 9.55 Å². The van der Waals surface area contributed by atoms with Crippen molar-refractivity contribution in [2.75, 3.05) is 0 Å². The first-order valence-electron chi connectivity index (χ1n) is 6.92. The van der Waals surface area contributed by atoms with Crippen LogP contribution in [0.1, 0.15) is 64.7 Å². The molecular formula is C15H28N2. The van der Waals surface area contributed by atoms with E-state index in [2.05, 4.69) is 46.2 Å². The summed E-state index contributed by atoms with van der Waals surface area (Å²) in [5, 5.41) is 0. The average Bonchev–Trinajstić information content (AvgIpc) is 2.45. The molecule has 1 aromatic heterocycles. The molecule has 1 rings (SSSR count). The molecule has 0 amide bonds. The number of aromatic nitrogens is 2. The van der Waals surface area contributed by atoms with Gasteiger partial charge in [0.1, 0.15) is 5.82 Å². The van der Waals surface area contributed by atoms with E-state index in [0.717, 1.165) is 19.3 Å². The Kier molecular flexibility index (Phi) is 4.79. The maximum Gasteiger partial charge on any atom is 0.109 e. The summed E-state index contributed by atoms with van der Waals surface area (Å²) >= 11 is 0. The second-order valence-electron chi connectivity index (χ2n) is 6.22. The van der Waals surface area contributed by atoms with Crippen LogP contribution in [0.4, 0.5) is 0 Å². The molecular weight excluding hydrogens is 208 g/mol. The quantitative estimate of drug-likeness (QED) is 0.758. The van der Waals surface area contributed by atoms with Crippen LogP contribution in [0.2, 0.25) is 0 Å². The Labute approximate surface area is 106 Å². The van der Waals surface area contributed by atoms with Gasteiger partial charge in [-0.2, -0.15) is 0 Å². The van der Waals surface area contributed by atoms with Gasteiger partial charge in [-0.3, -0.25) is 0 Å². The van der Waals surface area contributed by atoms with Crippen LogP contribution in [-0.4, -0.2) is 9.55 Å². The van der Waals surface area contributed by atoms with Gasteiger partial charge in [0.25, 0.3) is 0 Å². The number of hydrogen-bond donors (Lipinski definition) is 0. The first kappa shape index (κ1) is 14.3. The Balaban J connectivity index is 3.03. The standard InChI is InChI=1S/C15H28N2/c1-7-9-12-13(10-8-2)17(6)14(16-12)11-15(3,4)5/h7-11H2,1-6H3. The Morgan fingerprint density at radius 3 is 2.12 bits per heavy atom. The number of imidazole rings is 1. The van der Waals surface area contributed by atoms with Gasteiger partial charge in [-0.25, -0.2) is 4.98 Å². The number of rotatable bonds is 5. The maximum atomic E-state index is 4.87. The third-order valence-electron chi connectivity index (χ3n) is 3.05. The minimum atomic E-state index is 0.312. The molecule has 0 fully saturated rings. The molecule has 0 aliphatic heterocycles. The molecule has 0 unspecified atom stereocenters. The predicted molar refractivity (Wildman–Crippen MR) is 74.4 cm³/mol. The van der Waals surface area contributed by atoms with Crippen molar-refractivity contribution in [3.63, 3.8) is 0 Å². The molecule has 0 saturated heterocycles. The van der Waals surface area contributed by atoms with Gasteiger partial charge in [-0.15, -0.1) is 0 Å². The summed E-state index contributed by atoms with van der Waals surface area (Å²) in [5.74, 6) is 1.25. The first-order valence-corrected chi connectivity index (χ1v) is 6.92. The minimum Gasteiger partial charge on any atom is -0.335 e. The number of nitrogens with zero attached hydrogens (tertiary/aromatic N) is 2. The van der Waals surface area contributed by atoms with Gasteiger partial charge in [-0.05, 0) is 18.3 Å². The van der Waals surface area contributed by atoms with E-state index < -0.39 is 0 Å². The van der Waals surface area contributed by atoms with Crippen molar-refractivity contribution < 1.29 is 0 Å². The molecule has 0 aliphatic rings. The third kappa shape index (κ3) is 3.86. The van der Waals surface area contributed by atoms with Crippen molar-refractivity contribution in [3.8, 4) is 0 Å². The van der Waals surface area contributed by atoms with Crippen LogP contribution in [0, 0.1) is 5.41 Å². The highest BCUT2D eigenvalue weighted by Crippen LogP contribution is 2.23. The molecule has 1 aromatic rings. The molecule has 0 aliphatic carbocycles. The Hall–Kier alpha value is -0.790. The van der Waals surface area contributed by atoms with E-state index in [1.807, 2.05) is 0 Å². The van der Waals surface area contributed by atoms with Crippen LogP contribution in [0.25, 0.3) is 0 Å². The van der Waals surface area contributed by atoms with Gasteiger partial charge in [0.2, 0.25) is 0 Å². The highest BCUT2D eigenvalue weighted by Gasteiger charge is 2.18. The first-order chi connectivity index (χ1) is 7.89. The van der Waals surface area contributed by atoms with E-state index in [0.29, 0.717) is 5.41 Å². The van der Waals surface area contributed by atoms with Gasteiger partial charge in [0.15, 0.2) is 0 Å². The predicted octanol–water partition coefficient (Wildman–Crippen LogP) is 3.91. The van der Waals surface area contributed by atoms with Crippen molar-refractivity contribution in [3.05, 3.63) is 17.2 Å². The van der Waals surface area contributed by atoms with Crippen molar-refractivity contribution in [2.45, 2.75) is 66.7 Å². The van der Waals surface area contributed by atoms with Crippen LogP contribution in [0.5, 0.6) is 0 Å². The molecule has 0 atom stereocenters. The Morgan fingerprint density at radius 2 is 1.65 bits per heavy atom. The summed E-state index contributed by atoms with van der Waals surface area (Å²) in [6.45, 7) is 11.3. The number of hydrogen-bond acceptors (Lipinski definition) is 1. The largest absolute Gasteiger partial charge is 0.335 e. The second-order valence-corrected chi connectivity index (χ2v) is 6.22. The van der Waals surface area contributed by atoms with Gasteiger partial charge in [0.05, 0.1) is 5.69 Å². The fourth-order valence-corrected chi connectivity index (χ4v) is 2.26. The van der Waals surface area contributed by atoms with E-state index in [1.165, 1.54) is 30.1 Å². The summed E-state index contributed by atoms with van der Waals surface area (Å²) in [7, 11) is 2.18. The van der Waals surface area contributed by atoms with Gasteiger partial charge in [0, 0.05) is 19.2 Å². The third-order valence-corrected chi connectivity index (χ3v) is 3.05. The molecule has 0 N–H and O–H groups in total. The van der Waals surface area contributed by atoms with E-state index in [1.54, 1.807) is 0 Å². The lowest BCUT2D eigenvalue weighted by molar-refractivity contribution is 0.394. The maximum absolute atomic E-state index is 4.87. The van der Waals surface area contributed by atoms with Crippen molar-refractivity contribution in [2.24, 2.45) is 12.5 Å². The molecule has 0 bridgehead atoms. The fourth-order valence-electron chi connectivity index (χ4n) is 2.26. The van der Waals surface area contributed by atoms with Crippen molar-refractivity contribution >= 4 is 0 Å². The molecule has 2 heteroatoms. The van der Waals surface area contributed by atoms with Gasteiger partial charge < -0.3 is 4.57 Å². The number of aryl methyl sites for hydroxylation is 1. The molecule has 98 valence electrons. The molecule has 0 aromatic carbocycles. The molecule has 2 nitrogen and oxygen atoms in total. The fraction of sp³-hybridized carbons (Fsp3) is 0.800. The Morgan fingerprint density at radius 1 is 1.06 bits per heavy atom. The van der Waals surface area contributed by atoms with Crippen LogP contribution in [0.15, 0.2) is 0 Å². The Bertz CT molecular complexity index is 356. The lowest BCUT2D eigenvalue weighted by Crippen LogP contribution is -2.13. The molecule has 0 radical (unpaired) electrons. The monoisotopic (exact) mass is 236 g/mol. The van der Waals surface area contributed by atoms with Crippen LogP contribution >= 0.6 is 0 Å². The van der Waals surface area contributed by atoms with E-state index in [9.17, 15) is 0 Å². The second kappa shape index (κ2) is 5.70. The minimum absolute atomic E-state index is 0.312. The van der Waals surface area contributed by atoms with Gasteiger partial charge >= 0.3 is 0 Å². The van der Waals surface area contributed by atoms with Crippen molar-refractivity contribution in [1.29, 1.82) is 0 Å².